The zero-order valence-corrected chi connectivity index (χ0v) is 12.8. The third-order valence-corrected chi connectivity index (χ3v) is 3.13. The highest BCUT2D eigenvalue weighted by Crippen LogP contribution is 2.24. The van der Waals surface area contributed by atoms with Crippen molar-refractivity contribution >= 4 is 34.2 Å². The van der Waals surface area contributed by atoms with Crippen LogP contribution in [0.3, 0.4) is 0 Å². The van der Waals surface area contributed by atoms with Crippen molar-refractivity contribution in [3.63, 3.8) is 0 Å². The molecule has 2 rings (SSSR count). The van der Waals surface area contributed by atoms with Gasteiger partial charge in [-0.15, -0.1) is 13.2 Å². The zero-order valence-electron chi connectivity index (χ0n) is 10.6. The van der Waals surface area contributed by atoms with Crippen LogP contribution >= 0.6 is 22.6 Å². The van der Waals surface area contributed by atoms with Gasteiger partial charge in [0.15, 0.2) is 5.69 Å². The van der Waals surface area contributed by atoms with Gasteiger partial charge in [-0.25, -0.2) is 0 Å². The van der Waals surface area contributed by atoms with Crippen molar-refractivity contribution in [1.29, 1.82) is 0 Å². The minimum atomic E-state index is -4.74. The maximum absolute atomic E-state index is 12.0. The van der Waals surface area contributed by atoms with Crippen LogP contribution < -0.4 is 10.1 Å². The van der Waals surface area contributed by atoms with E-state index in [1.165, 1.54) is 16.8 Å². The summed E-state index contributed by atoms with van der Waals surface area (Å²) in [5.74, 6) is -0.794. The minimum Gasteiger partial charge on any atom is -0.406 e. The molecule has 0 aliphatic heterocycles. The number of hydrogen-bond donors (Lipinski definition) is 1. The lowest BCUT2D eigenvalue weighted by Crippen LogP contribution is -2.17. The summed E-state index contributed by atoms with van der Waals surface area (Å²) in [5, 5.41) is 6.54. The first-order valence-corrected chi connectivity index (χ1v) is 6.69. The van der Waals surface area contributed by atoms with E-state index < -0.39 is 12.3 Å². The molecule has 0 bridgehead atoms. The summed E-state index contributed by atoms with van der Waals surface area (Å²) in [6.45, 7) is 0. The molecule has 112 valence electrons. The van der Waals surface area contributed by atoms with Crippen molar-refractivity contribution in [2.75, 3.05) is 5.32 Å². The first-order valence-electron chi connectivity index (χ1n) is 5.61. The average molecular weight is 411 g/mol. The zero-order chi connectivity index (χ0) is 15.6. The van der Waals surface area contributed by atoms with Crippen LogP contribution in [0.2, 0.25) is 0 Å². The van der Waals surface area contributed by atoms with Gasteiger partial charge in [-0.1, -0.05) is 0 Å². The molecule has 21 heavy (non-hydrogen) atoms. The summed E-state index contributed by atoms with van der Waals surface area (Å²) in [6.07, 6.45) is -3.06. The van der Waals surface area contributed by atoms with Crippen LogP contribution in [0.1, 0.15) is 10.5 Å². The largest absolute Gasteiger partial charge is 0.573 e. The van der Waals surface area contributed by atoms with Crippen molar-refractivity contribution in [3.8, 4) is 5.75 Å². The molecule has 9 heteroatoms. The minimum absolute atomic E-state index is 0.244. The number of carbonyl (C=O) groups is 1. The normalized spacial score (nSPS) is 11.3. The lowest BCUT2D eigenvalue weighted by Gasteiger charge is -2.09. The van der Waals surface area contributed by atoms with Crippen LogP contribution in [0, 0.1) is 3.57 Å². The van der Waals surface area contributed by atoms with Crippen LogP contribution in [0.4, 0.5) is 18.9 Å². The molecule has 0 saturated heterocycles. The fourth-order valence-electron chi connectivity index (χ4n) is 1.54. The molecule has 0 unspecified atom stereocenters. The summed E-state index contributed by atoms with van der Waals surface area (Å²) >= 11 is 1.97. The Bertz CT molecular complexity index is 653. The Labute approximate surface area is 131 Å². The Balaban J connectivity index is 2.07. The highest BCUT2D eigenvalue weighted by molar-refractivity contribution is 14.1. The van der Waals surface area contributed by atoms with Crippen molar-refractivity contribution in [2.24, 2.45) is 7.05 Å². The summed E-state index contributed by atoms with van der Waals surface area (Å²) in [6, 6.07) is 4.86. The van der Waals surface area contributed by atoms with Gasteiger partial charge in [0.05, 0.1) is 3.57 Å². The van der Waals surface area contributed by atoms with E-state index in [1.54, 1.807) is 13.2 Å². The lowest BCUT2D eigenvalue weighted by molar-refractivity contribution is -0.274. The number of rotatable bonds is 3. The predicted molar refractivity (Wildman–Crippen MR) is 77.0 cm³/mol. The fourth-order valence-corrected chi connectivity index (χ4v) is 2.30. The van der Waals surface area contributed by atoms with Gasteiger partial charge in [0.1, 0.15) is 5.75 Å². The van der Waals surface area contributed by atoms with E-state index in [4.69, 9.17) is 0 Å². The molecule has 0 radical (unpaired) electrons. The molecule has 0 atom stereocenters. The Morgan fingerprint density at radius 2 is 1.95 bits per heavy atom. The number of benzene rings is 1. The number of carbonyl (C=O) groups excluding carboxylic acids is 1. The molecule has 1 heterocycles. The van der Waals surface area contributed by atoms with Gasteiger partial charge in [0, 0.05) is 18.9 Å². The standard InChI is InChI=1S/C12H9F3IN3O2/c1-19-6-9(16)10(18-19)11(20)17-7-2-4-8(5-3-7)21-12(13,14)15/h2-6H,1H3,(H,17,20). The molecule has 0 spiro atoms. The second-order valence-electron chi connectivity index (χ2n) is 4.03. The van der Waals surface area contributed by atoms with Crippen molar-refractivity contribution < 1.29 is 22.7 Å². The molecule has 1 aromatic carbocycles. The van der Waals surface area contributed by atoms with Gasteiger partial charge in [0.25, 0.3) is 5.91 Å². The van der Waals surface area contributed by atoms with Gasteiger partial charge >= 0.3 is 6.36 Å². The Morgan fingerprint density at radius 1 is 1.33 bits per heavy atom. The first kappa shape index (κ1) is 15.6. The number of ether oxygens (including phenoxy) is 1. The molecule has 0 aliphatic rings. The van der Waals surface area contributed by atoms with E-state index in [2.05, 4.69) is 15.2 Å². The second kappa shape index (κ2) is 5.92. The van der Waals surface area contributed by atoms with Gasteiger partial charge < -0.3 is 10.1 Å². The predicted octanol–water partition coefficient (Wildman–Crippen LogP) is 3.18. The first-order chi connectivity index (χ1) is 9.74. The van der Waals surface area contributed by atoms with Crippen molar-refractivity contribution in [1.82, 2.24) is 9.78 Å². The number of nitrogens with one attached hydrogen (secondary N) is 1. The van der Waals surface area contributed by atoms with E-state index >= 15 is 0 Å². The summed E-state index contributed by atoms with van der Waals surface area (Å²) in [5.41, 5.74) is 0.588. The van der Waals surface area contributed by atoms with E-state index in [0.29, 0.717) is 9.26 Å². The van der Waals surface area contributed by atoms with Crippen LogP contribution in [-0.2, 0) is 7.05 Å². The molecule has 1 amide bonds. The molecular weight excluding hydrogens is 402 g/mol. The van der Waals surface area contributed by atoms with E-state index in [9.17, 15) is 18.0 Å². The summed E-state index contributed by atoms with van der Waals surface area (Å²) in [4.78, 5) is 12.0. The Kier molecular flexibility index (Phi) is 4.40. The number of halogens is 4. The van der Waals surface area contributed by atoms with Crippen LogP contribution in [0.5, 0.6) is 5.75 Å². The number of anilines is 1. The summed E-state index contributed by atoms with van der Waals surface area (Å²) in [7, 11) is 1.68. The van der Waals surface area contributed by atoms with Crippen LogP contribution in [-0.4, -0.2) is 22.1 Å². The molecule has 1 aromatic heterocycles. The SMILES string of the molecule is Cn1cc(I)c(C(=O)Nc2ccc(OC(F)(F)F)cc2)n1. The molecule has 2 aromatic rings. The lowest BCUT2D eigenvalue weighted by atomic mass is 10.3. The van der Waals surface area contributed by atoms with E-state index in [-0.39, 0.29) is 11.4 Å². The third-order valence-electron chi connectivity index (χ3n) is 2.34. The molecule has 0 saturated carbocycles. The molecule has 0 aliphatic carbocycles. The molecule has 5 nitrogen and oxygen atoms in total. The van der Waals surface area contributed by atoms with Crippen LogP contribution in [0.15, 0.2) is 30.5 Å². The van der Waals surface area contributed by atoms with Gasteiger partial charge in [-0.2, -0.15) is 5.10 Å². The maximum Gasteiger partial charge on any atom is 0.573 e. The number of amides is 1. The van der Waals surface area contributed by atoms with Crippen molar-refractivity contribution in [2.45, 2.75) is 6.36 Å². The highest BCUT2D eigenvalue weighted by Gasteiger charge is 2.31. The quantitative estimate of drug-likeness (QED) is 0.790. The molecule has 1 N–H and O–H groups in total. The third kappa shape index (κ3) is 4.34. The van der Waals surface area contributed by atoms with E-state index in [1.807, 2.05) is 22.6 Å². The van der Waals surface area contributed by atoms with Gasteiger partial charge in [-0.05, 0) is 46.9 Å². The Morgan fingerprint density at radius 3 is 2.43 bits per heavy atom. The molecule has 0 fully saturated rings. The number of nitrogens with zero attached hydrogens (tertiary/aromatic N) is 2. The van der Waals surface area contributed by atoms with Crippen molar-refractivity contribution in [3.05, 3.63) is 39.7 Å². The molecular formula is C12H9F3IN3O2. The van der Waals surface area contributed by atoms with E-state index in [0.717, 1.165) is 12.1 Å². The number of aromatic nitrogens is 2. The monoisotopic (exact) mass is 411 g/mol. The van der Waals surface area contributed by atoms with Crippen LogP contribution in [0.25, 0.3) is 0 Å². The topological polar surface area (TPSA) is 56.2 Å². The second-order valence-corrected chi connectivity index (χ2v) is 5.19. The average Bonchev–Trinajstić information content (AvgIpc) is 2.69. The van der Waals surface area contributed by atoms with Gasteiger partial charge in [-0.3, -0.25) is 9.48 Å². The van der Waals surface area contributed by atoms with Gasteiger partial charge in [0.2, 0.25) is 0 Å². The Hall–Kier alpha value is -1.78. The number of aryl methyl sites for hydroxylation is 1. The number of alkyl halides is 3. The fraction of sp³-hybridized carbons (Fsp3) is 0.167. The number of hydrogen-bond acceptors (Lipinski definition) is 3. The smallest absolute Gasteiger partial charge is 0.406 e. The maximum atomic E-state index is 12.0. The summed E-state index contributed by atoms with van der Waals surface area (Å²) < 4.78 is 42.0. The highest BCUT2D eigenvalue weighted by atomic mass is 127.